The highest BCUT2D eigenvalue weighted by Crippen LogP contribution is 2.32. The van der Waals surface area contributed by atoms with Crippen LogP contribution in [-0.2, 0) is 20.9 Å². The fourth-order valence-corrected chi connectivity index (χ4v) is 2.22. The lowest BCUT2D eigenvalue weighted by atomic mass is 10.2. The van der Waals surface area contributed by atoms with Crippen LogP contribution in [0.2, 0.25) is 0 Å². The Hall–Kier alpha value is -3.35. The molecule has 7 heteroatoms. The van der Waals surface area contributed by atoms with Crippen molar-refractivity contribution in [2.24, 2.45) is 0 Å². The molecule has 0 spiro atoms. The molecule has 1 heterocycles. The third kappa shape index (κ3) is 4.83. The minimum absolute atomic E-state index is 0.178. The number of amides is 1. The summed E-state index contributed by atoms with van der Waals surface area (Å²) < 4.78 is 28.1. The Bertz CT molecular complexity index is 832. The molecule has 0 aromatic heterocycles. The average Bonchev–Trinajstić information content (AvgIpc) is 3.12. The average molecular weight is 357 g/mol. The Morgan fingerprint density at radius 1 is 1.12 bits per heavy atom. The van der Waals surface area contributed by atoms with Crippen LogP contribution in [0.4, 0.5) is 4.39 Å². The molecule has 0 fully saturated rings. The Labute approximate surface area is 149 Å². The molecule has 2 aromatic rings. The summed E-state index contributed by atoms with van der Waals surface area (Å²) in [7, 11) is 0. The van der Waals surface area contributed by atoms with Gasteiger partial charge in [-0.3, -0.25) is 4.79 Å². The van der Waals surface area contributed by atoms with Crippen molar-refractivity contribution in [1.82, 2.24) is 5.32 Å². The normalized spacial score (nSPS) is 12.2. The van der Waals surface area contributed by atoms with Crippen molar-refractivity contribution in [3.05, 3.63) is 65.5 Å². The minimum atomic E-state index is -0.639. The van der Waals surface area contributed by atoms with E-state index in [0.717, 1.165) is 11.1 Å². The second-order valence-corrected chi connectivity index (χ2v) is 5.46. The highest BCUT2D eigenvalue weighted by atomic mass is 19.1. The van der Waals surface area contributed by atoms with Crippen molar-refractivity contribution in [3.63, 3.8) is 0 Å². The van der Waals surface area contributed by atoms with E-state index in [4.69, 9.17) is 14.2 Å². The van der Waals surface area contributed by atoms with Gasteiger partial charge in [-0.15, -0.1) is 0 Å². The molecule has 6 nitrogen and oxygen atoms in total. The van der Waals surface area contributed by atoms with Gasteiger partial charge in [-0.2, -0.15) is 0 Å². The first-order valence-electron chi connectivity index (χ1n) is 7.86. The zero-order chi connectivity index (χ0) is 18.4. The summed E-state index contributed by atoms with van der Waals surface area (Å²) in [5.74, 6) is -0.162. The Kier molecular flexibility index (Phi) is 5.48. The maximum Gasteiger partial charge on any atom is 0.331 e. The van der Waals surface area contributed by atoms with Gasteiger partial charge < -0.3 is 19.5 Å². The van der Waals surface area contributed by atoms with Crippen molar-refractivity contribution in [2.75, 3.05) is 13.4 Å². The zero-order valence-electron chi connectivity index (χ0n) is 13.7. The second kappa shape index (κ2) is 8.15. The predicted octanol–water partition coefficient (Wildman–Crippen LogP) is 2.43. The van der Waals surface area contributed by atoms with Crippen LogP contribution in [0.15, 0.2) is 48.5 Å². The monoisotopic (exact) mass is 357 g/mol. The van der Waals surface area contributed by atoms with E-state index >= 15 is 0 Å². The van der Waals surface area contributed by atoms with E-state index in [9.17, 15) is 14.0 Å². The van der Waals surface area contributed by atoms with Gasteiger partial charge in [0.05, 0.1) is 0 Å². The number of nitrogens with one attached hydrogen (secondary N) is 1. The molecule has 26 heavy (non-hydrogen) atoms. The third-order valence-corrected chi connectivity index (χ3v) is 3.56. The van der Waals surface area contributed by atoms with E-state index in [2.05, 4.69) is 5.32 Å². The van der Waals surface area contributed by atoms with Crippen molar-refractivity contribution in [2.45, 2.75) is 6.54 Å². The second-order valence-electron chi connectivity index (χ2n) is 5.46. The standard InChI is InChI=1S/C19H16FNO5/c20-15-5-1-14(2-6-15)10-21-18(22)11-24-19(23)8-4-13-3-7-16-17(9-13)26-12-25-16/h1-9H,10-12H2,(H,21,22). The number of benzene rings is 2. The largest absolute Gasteiger partial charge is 0.454 e. The summed E-state index contributed by atoms with van der Waals surface area (Å²) in [4.78, 5) is 23.4. The van der Waals surface area contributed by atoms with Crippen LogP contribution < -0.4 is 14.8 Å². The maximum absolute atomic E-state index is 12.8. The molecular formula is C19H16FNO5. The van der Waals surface area contributed by atoms with Gasteiger partial charge in [-0.05, 0) is 41.5 Å². The molecule has 0 saturated heterocycles. The van der Waals surface area contributed by atoms with Gasteiger partial charge >= 0.3 is 5.97 Å². The number of fused-ring (bicyclic) bond motifs is 1. The van der Waals surface area contributed by atoms with E-state index in [-0.39, 0.29) is 19.2 Å². The number of hydrogen-bond donors (Lipinski definition) is 1. The number of esters is 1. The molecule has 0 bridgehead atoms. The highest BCUT2D eigenvalue weighted by molar-refractivity contribution is 5.89. The van der Waals surface area contributed by atoms with Crippen LogP contribution in [0.25, 0.3) is 6.08 Å². The SMILES string of the molecule is O=C(COC(=O)C=Cc1ccc2c(c1)OCO2)NCc1ccc(F)cc1. The lowest BCUT2D eigenvalue weighted by Crippen LogP contribution is -2.28. The van der Waals surface area contributed by atoms with Crippen molar-refractivity contribution in [3.8, 4) is 11.5 Å². The van der Waals surface area contributed by atoms with E-state index in [1.807, 2.05) is 0 Å². The van der Waals surface area contributed by atoms with Crippen LogP contribution in [-0.4, -0.2) is 25.3 Å². The molecule has 3 rings (SSSR count). The summed E-state index contributed by atoms with van der Waals surface area (Å²) in [6.07, 6.45) is 2.78. The van der Waals surface area contributed by atoms with Gasteiger partial charge in [0.15, 0.2) is 18.1 Å². The topological polar surface area (TPSA) is 73.9 Å². The van der Waals surface area contributed by atoms with E-state index in [1.165, 1.54) is 18.2 Å². The zero-order valence-corrected chi connectivity index (χ0v) is 13.7. The van der Waals surface area contributed by atoms with E-state index < -0.39 is 18.5 Å². The Morgan fingerprint density at radius 3 is 2.69 bits per heavy atom. The van der Waals surface area contributed by atoms with E-state index in [1.54, 1.807) is 36.4 Å². The maximum atomic E-state index is 12.8. The fourth-order valence-electron chi connectivity index (χ4n) is 2.22. The molecule has 1 N–H and O–H groups in total. The summed E-state index contributed by atoms with van der Waals surface area (Å²) in [5, 5.41) is 2.58. The number of carbonyl (C=O) groups excluding carboxylic acids is 2. The highest BCUT2D eigenvalue weighted by Gasteiger charge is 2.12. The predicted molar refractivity (Wildman–Crippen MR) is 90.8 cm³/mol. The number of ether oxygens (including phenoxy) is 3. The van der Waals surface area contributed by atoms with Gasteiger partial charge in [-0.25, -0.2) is 9.18 Å². The van der Waals surface area contributed by atoms with Crippen molar-refractivity contribution in [1.29, 1.82) is 0 Å². The summed E-state index contributed by atoms with van der Waals surface area (Å²) in [6.45, 7) is 0.00673. The lowest BCUT2D eigenvalue weighted by molar-refractivity contribution is -0.143. The smallest absolute Gasteiger partial charge is 0.331 e. The number of hydrogen-bond acceptors (Lipinski definition) is 5. The van der Waals surface area contributed by atoms with Gasteiger partial charge in [-0.1, -0.05) is 18.2 Å². The van der Waals surface area contributed by atoms with Crippen LogP contribution in [0.5, 0.6) is 11.5 Å². The Balaban J connectivity index is 1.41. The first-order valence-corrected chi connectivity index (χ1v) is 7.86. The summed E-state index contributed by atoms with van der Waals surface area (Å²) >= 11 is 0. The summed E-state index contributed by atoms with van der Waals surface area (Å²) in [6, 6.07) is 11.0. The lowest BCUT2D eigenvalue weighted by Gasteiger charge is -2.05. The van der Waals surface area contributed by atoms with Gasteiger partial charge in [0.1, 0.15) is 5.82 Å². The summed E-state index contributed by atoms with van der Waals surface area (Å²) in [5.41, 5.74) is 1.49. The molecule has 2 aromatic carbocycles. The fraction of sp³-hybridized carbons (Fsp3) is 0.158. The molecule has 0 radical (unpaired) electrons. The van der Waals surface area contributed by atoms with Crippen LogP contribution in [0, 0.1) is 5.82 Å². The van der Waals surface area contributed by atoms with Crippen LogP contribution in [0.3, 0.4) is 0 Å². The van der Waals surface area contributed by atoms with Gasteiger partial charge in [0.25, 0.3) is 5.91 Å². The molecule has 134 valence electrons. The first-order chi connectivity index (χ1) is 12.6. The Morgan fingerprint density at radius 2 is 1.88 bits per heavy atom. The van der Waals surface area contributed by atoms with Gasteiger partial charge in [0.2, 0.25) is 6.79 Å². The quantitative estimate of drug-likeness (QED) is 0.635. The molecule has 1 aliphatic rings. The van der Waals surface area contributed by atoms with E-state index in [0.29, 0.717) is 11.5 Å². The molecular weight excluding hydrogens is 341 g/mol. The molecule has 0 unspecified atom stereocenters. The van der Waals surface area contributed by atoms with Crippen LogP contribution >= 0.6 is 0 Å². The minimum Gasteiger partial charge on any atom is -0.454 e. The molecule has 0 aliphatic carbocycles. The first kappa shape index (κ1) is 17.5. The third-order valence-electron chi connectivity index (χ3n) is 3.56. The van der Waals surface area contributed by atoms with Crippen molar-refractivity contribution < 1.29 is 28.2 Å². The molecule has 1 amide bonds. The number of carbonyl (C=O) groups is 2. The molecule has 0 atom stereocenters. The number of rotatable bonds is 6. The molecule has 0 saturated carbocycles. The van der Waals surface area contributed by atoms with Gasteiger partial charge in [0, 0.05) is 12.6 Å². The molecule has 1 aliphatic heterocycles. The van der Waals surface area contributed by atoms with Crippen molar-refractivity contribution >= 4 is 18.0 Å². The number of halogens is 1. The van der Waals surface area contributed by atoms with Crippen LogP contribution in [0.1, 0.15) is 11.1 Å².